The van der Waals surface area contributed by atoms with E-state index in [1.807, 2.05) is 0 Å². The molecule has 1 saturated carbocycles. The van der Waals surface area contributed by atoms with Gasteiger partial charge >= 0.3 is 5.97 Å². The molecule has 1 heterocycles. The Kier molecular flexibility index (Phi) is 6.67. The highest BCUT2D eigenvalue weighted by Crippen LogP contribution is 2.44. The molecule has 2 atom stereocenters. The lowest BCUT2D eigenvalue weighted by molar-refractivity contribution is -0.142. The average molecular weight is 369 g/mol. The first kappa shape index (κ1) is 19.5. The van der Waals surface area contributed by atoms with E-state index in [0.717, 1.165) is 38.0 Å². The Balaban J connectivity index is 0.00000225. The topological polar surface area (TPSA) is 76.7 Å². The maximum atomic E-state index is 12.9. The monoisotopic (exact) mass is 368 g/mol. The summed E-state index contributed by atoms with van der Waals surface area (Å²) in [5.41, 5.74) is 0.481. The molecular weight excluding hydrogens is 344 g/mol. The number of fused-ring (bicyclic) bond motifs is 1. The van der Waals surface area contributed by atoms with E-state index in [0.29, 0.717) is 11.7 Å². The second-order valence-electron chi connectivity index (χ2n) is 6.57. The molecule has 1 aliphatic carbocycles. The Morgan fingerprint density at radius 3 is 2.76 bits per heavy atom. The van der Waals surface area contributed by atoms with Crippen molar-refractivity contribution in [3.63, 3.8) is 0 Å². The van der Waals surface area contributed by atoms with Crippen molar-refractivity contribution in [2.24, 2.45) is 11.3 Å². The fraction of sp³-hybridized carbons (Fsp3) is 0.556. The highest BCUT2D eigenvalue weighted by molar-refractivity contribution is 5.96. The third kappa shape index (κ3) is 4.25. The van der Waals surface area contributed by atoms with Crippen LogP contribution < -0.4 is 15.4 Å². The number of halogens is 1. The number of nitrogens with one attached hydrogen (secondary N) is 2. The van der Waals surface area contributed by atoms with Crippen LogP contribution in [0.5, 0.6) is 5.75 Å². The SMILES string of the molecule is COC(=O)COc1ccc(NC(=O)[C@@]23CCCC[C@H]2CNC3)cc1.Cl. The molecule has 0 aromatic heterocycles. The molecule has 1 amide bonds. The summed E-state index contributed by atoms with van der Waals surface area (Å²) in [5, 5.41) is 6.44. The molecule has 0 unspecified atom stereocenters. The molecule has 0 bridgehead atoms. The molecule has 2 N–H and O–H groups in total. The van der Waals surface area contributed by atoms with Crippen LogP contribution in [0, 0.1) is 11.3 Å². The number of carbonyl (C=O) groups is 2. The quantitative estimate of drug-likeness (QED) is 0.780. The van der Waals surface area contributed by atoms with Crippen LogP contribution in [0.15, 0.2) is 24.3 Å². The second-order valence-corrected chi connectivity index (χ2v) is 6.57. The molecule has 6 nitrogen and oxygen atoms in total. The number of methoxy groups -OCH3 is 1. The average Bonchev–Trinajstić information content (AvgIpc) is 3.06. The highest BCUT2D eigenvalue weighted by Gasteiger charge is 2.49. The molecule has 1 aromatic rings. The van der Waals surface area contributed by atoms with E-state index < -0.39 is 5.97 Å². The van der Waals surface area contributed by atoms with Crippen molar-refractivity contribution >= 4 is 30.0 Å². The predicted octanol–water partition coefficient (Wildman–Crippen LogP) is 2.38. The van der Waals surface area contributed by atoms with Gasteiger partial charge in [0.1, 0.15) is 5.75 Å². The molecule has 25 heavy (non-hydrogen) atoms. The summed E-state index contributed by atoms with van der Waals surface area (Å²) < 4.78 is 9.83. The highest BCUT2D eigenvalue weighted by atomic mass is 35.5. The lowest BCUT2D eigenvalue weighted by atomic mass is 9.67. The fourth-order valence-electron chi connectivity index (χ4n) is 3.78. The van der Waals surface area contributed by atoms with Crippen molar-refractivity contribution in [1.82, 2.24) is 5.32 Å². The number of rotatable bonds is 5. The van der Waals surface area contributed by atoms with Gasteiger partial charge in [-0.25, -0.2) is 4.79 Å². The Hall–Kier alpha value is -1.79. The van der Waals surface area contributed by atoms with Crippen LogP contribution in [-0.2, 0) is 14.3 Å². The van der Waals surface area contributed by atoms with Crippen LogP contribution in [0.4, 0.5) is 5.69 Å². The van der Waals surface area contributed by atoms with E-state index in [1.54, 1.807) is 24.3 Å². The maximum Gasteiger partial charge on any atom is 0.343 e. The molecule has 0 radical (unpaired) electrons. The van der Waals surface area contributed by atoms with Gasteiger partial charge in [-0.1, -0.05) is 12.8 Å². The number of carbonyl (C=O) groups excluding carboxylic acids is 2. The number of esters is 1. The molecule has 1 aromatic carbocycles. The normalized spacial score (nSPS) is 24.6. The largest absolute Gasteiger partial charge is 0.482 e. The third-order valence-corrected chi connectivity index (χ3v) is 5.19. The summed E-state index contributed by atoms with van der Waals surface area (Å²) in [6.45, 7) is 1.58. The number of amides is 1. The van der Waals surface area contributed by atoms with Gasteiger partial charge in [-0.05, 0) is 49.6 Å². The van der Waals surface area contributed by atoms with E-state index >= 15 is 0 Å². The van der Waals surface area contributed by atoms with E-state index in [2.05, 4.69) is 15.4 Å². The van der Waals surface area contributed by atoms with E-state index in [-0.39, 0.29) is 30.3 Å². The molecule has 1 saturated heterocycles. The molecule has 7 heteroatoms. The summed E-state index contributed by atoms with van der Waals surface area (Å²) >= 11 is 0. The zero-order valence-corrected chi connectivity index (χ0v) is 15.2. The first-order valence-corrected chi connectivity index (χ1v) is 8.46. The number of ether oxygens (including phenoxy) is 2. The van der Waals surface area contributed by atoms with E-state index in [9.17, 15) is 9.59 Å². The summed E-state index contributed by atoms with van der Waals surface area (Å²) in [6.07, 6.45) is 4.41. The fourth-order valence-corrected chi connectivity index (χ4v) is 3.78. The minimum absolute atomic E-state index is 0. The summed E-state index contributed by atoms with van der Waals surface area (Å²) in [6, 6.07) is 7.06. The van der Waals surface area contributed by atoms with Gasteiger partial charge in [0.25, 0.3) is 0 Å². The molecule has 138 valence electrons. The first-order valence-electron chi connectivity index (χ1n) is 8.46. The summed E-state index contributed by atoms with van der Waals surface area (Å²) in [4.78, 5) is 23.9. The molecule has 3 rings (SSSR count). The number of hydrogen-bond donors (Lipinski definition) is 2. The van der Waals surface area contributed by atoms with Crippen LogP contribution in [0.25, 0.3) is 0 Å². The van der Waals surface area contributed by atoms with Crippen LogP contribution in [0.3, 0.4) is 0 Å². The Bertz CT molecular complexity index is 608. The zero-order valence-electron chi connectivity index (χ0n) is 14.4. The van der Waals surface area contributed by atoms with Crippen molar-refractivity contribution < 1.29 is 19.1 Å². The van der Waals surface area contributed by atoms with Crippen LogP contribution >= 0.6 is 12.4 Å². The minimum atomic E-state index is -0.427. The lowest BCUT2D eigenvalue weighted by Crippen LogP contribution is -2.44. The van der Waals surface area contributed by atoms with Crippen molar-refractivity contribution in [2.45, 2.75) is 25.7 Å². The maximum absolute atomic E-state index is 12.9. The number of hydrogen-bond acceptors (Lipinski definition) is 5. The van der Waals surface area contributed by atoms with Crippen molar-refractivity contribution in [1.29, 1.82) is 0 Å². The standard InChI is InChI=1S/C18H24N2O4.ClH/c1-23-16(21)11-24-15-7-5-14(6-8-15)20-17(22)18-9-3-2-4-13(18)10-19-12-18;/h5-8,13,19H,2-4,9-12H2,1H3,(H,20,22);1H/t13-,18+;/m0./s1. The molecule has 1 aliphatic heterocycles. The third-order valence-electron chi connectivity index (χ3n) is 5.19. The van der Waals surface area contributed by atoms with E-state index in [4.69, 9.17) is 4.74 Å². The van der Waals surface area contributed by atoms with Crippen molar-refractivity contribution in [2.75, 3.05) is 32.1 Å². The van der Waals surface area contributed by atoms with Gasteiger partial charge in [-0.3, -0.25) is 4.79 Å². The van der Waals surface area contributed by atoms with Gasteiger partial charge < -0.3 is 20.1 Å². The van der Waals surface area contributed by atoms with Crippen LogP contribution in [-0.4, -0.2) is 38.7 Å². The Labute approximate surface area is 154 Å². The molecule has 2 fully saturated rings. The van der Waals surface area contributed by atoms with Crippen molar-refractivity contribution in [3.8, 4) is 5.75 Å². The minimum Gasteiger partial charge on any atom is -0.482 e. The molecule has 0 spiro atoms. The number of benzene rings is 1. The Morgan fingerprint density at radius 2 is 2.04 bits per heavy atom. The Morgan fingerprint density at radius 1 is 1.28 bits per heavy atom. The smallest absolute Gasteiger partial charge is 0.343 e. The summed E-state index contributed by atoms with van der Waals surface area (Å²) in [5.74, 6) is 0.688. The van der Waals surface area contributed by atoms with Gasteiger partial charge in [0.2, 0.25) is 5.91 Å². The lowest BCUT2D eigenvalue weighted by Gasteiger charge is -2.37. The molecular formula is C18H25ClN2O4. The second kappa shape index (κ2) is 8.54. The van der Waals surface area contributed by atoms with Gasteiger partial charge in [0, 0.05) is 12.2 Å². The molecule has 2 aliphatic rings. The van der Waals surface area contributed by atoms with Crippen molar-refractivity contribution in [3.05, 3.63) is 24.3 Å². The van der Waals surface area contributed by atoms with Crippen LogP contribution in [0.2, 0.25) is 0 Å². The zero-order chi connectivity index (χ0) is 17.0. The van der Waals surface area contributed by atoms with Crippen LogP contribution in [0.1, 0.15) is 25.7 Å². The van der Waals surface area contributed by atoms with Gasteiger partial charge in [0.05, 0.1) is 12.5 Å². The number of anilines is 1. The predicted molar refractivity (Wildman–Crippen MR) is 97.1 cm³/mol. The van der Waals surface area contributed by atoms with Gasteiger partial charge in [-0.2, -0.15) is 0 Å². The van der Waals surface area contributed by atoms with E-state index in [1.165, 1.54) is 13.5 Å². The van der Waals surface area contributed by atoms with Gasteiger partial charge in [0.15, 0.2) is 6.61 Å². The summed E-state index contributed by atoms with van der Waals surface area (Å²) in [7, 11) is 1.32. The first-order chi connectivity index (χ1) is 11.6. The van der Waals surface area contributed by atoms with Gasteiger partial charge in [-0.15, -0.1) is 12.4 Å².